The van der Waals surface area contributed by atoms with Crippen LogP contribution in [0.2, 0.25) is 0 Å². The van der Waals surface area contributed by atoms with E-state index in [2.05, 4.69) is 10.6 Å². The number of rotatable bonds is 8. The van der Waals surface area contributed by atoms with E-state index in [1.54, 1.807) is 44.2 Å². The van der Waals surface area contributed by atoms with Crippen LogP contribution in [0.5, 0.6) is 0 Å². The van der Waals surface area contributed by atoms with Crippen LogP contribution in [0.1, 0.15) is 30.0 Å². The minimum Gasteiger partial charge on any atom is -0.480 e. The normalized spacial score (nSPS) is 13.0. The van der Waals surface area contributed by atoms with Crippen LogP contribution in [-0.4, -0.2) is 35.0 Å². The lowest BCUT2D eigenvalue weighted by atomic mass is 10.0. The highest BCUT2D eigenvalue weighted by atomic mass is 16.4. The highest BCUT2D eigenvalue weighted by molar-refractivity contribution is 5.96. The van der Waals surface area contributed by atoms with E-state index in [4.69, 9.17) is 4.42 Å². The van der Waals surface area contributed by atoms with E-state index in [1.165, 1.54) is 12.3 Å². The number of hydrogen-bond donors (Lipinski definition) is 3. The van der Waals surface area contributed by atoms with Gasteiger partial charge in [0.25, 0.3) is 5.91 Å². The third-order valence-corrected chi connectivity index (χ3v) is 3.88. The summed E-state index contributed by atoms with van der Waals surface area (Å²) >= 11 is 0. The van der Waals surface area contributed by atoms with Gasteiger partial charge in [0.2, 0.25) is 5.91 Å². The Bertz CT molecular complexity index is 741. The quantitative estimate of drug-likeness (QED) is 0.667. The molecule has 0 saturated heterocycles. The Labute approximate surface area is 151 Å². The molecule has 2 aromatic rings. The molecule has 0 aliphatic carbocycles. The van der Waals surface area contributed by atoms with Crippen molar-refractivity contribution >= 4 is 17.8 Å². The first-order valence-electron chi connectivity index (χ1n) is 8.30. The van der Waals surface area contributed by atoms with Crippen molar-refractivity contribution in [3.05, 3.63) is 60.1 Å². The summed E-state index contributed by atoms with van der Waals surface area (Å²) in [7, 11) is 0. The van der Waals surface area contributed by atoms with Crippen molar-refractivity contribution in [2.75, 3.05) is 0 Å². The number of benzene rings is 1. The maximum atomic E-state index is 12.6. The molecule has 7 heteroatoms. The van der Waals surface area contributed by atoms with E-state index >= 15 is 0 Å². The van der Waals surface area contributed by atoms with Crippen molar-refractivity contribution in [2.45, 2.75) is 32.4 Å². The summed E-state index contributed by atoms with van der Waals surface area (Å²) in [4.78, 5) is 36.2. The molecular weight excluding hydrogens is 336 g/mol. The van der Waals surface area contributed by atoms with Gasteiger partial charge in [-0.25, -0.2) is 4.79 Å². The standard InChI is InChI=1S/C19H22N2O5/c1-12(2)16(21-17(22)15-9-6-10-26-15)18(23)20-14(19(24)25)11-13-7-4-3-5-8-13/h3-10,12,14,16H,11H2,1-2H3,(H,20,23)(H,21,22)(H,24,25). The van der Waals surface area contributed by atoms with Gasteiger partial charge in [0.05, 0.1) is 6.26 Å². The number of nitrogens with one attached hydrogen (secondary N) is 2. The minimum atomic E-state index is -1.14. The SMILES string of the molecule is CC(C)C(NC(=O)c1ccco1)C(=O)NC(Cc1ccccc1)C(=O)O. The predicted octanol–water partition coefficient (Wildman–Crippen LogP) is 1.85. The van der Waals surface area contributed by atoms with Crippen molar-refractivity contribution in [1.29, 1.82) is 0 Å². The molecule has 3 N–H and O–H groups in total. The maximum absolute atomic E-state index is 12.6. The van der Waals surface area contributed by atoms with E-state index in [0.717, 1.165) is 5.56 Å². The van der Waals surface area contributed by atoms with Crippen molar-refractivity contribution in [3.63, 3.8) is 0 Å². The molecule has 1 aromatic carbocycles. The first-order valence-corrected chi connectivity index (χ1v) is 8.30. The van der Waals surface area contributed by atoms with Crippen LogP contribution in [0.25, 0.3) is 0 Å². The van der Waals surface area contributed by atoms with Crippen molar-refractivity contribution in [2.24, 2.45) is 5.92 Å². The molecule has 0 spiro atoms. The van der Waals surface area contributed by atoms with Gasteiger partial charge in [-0.05, 0) is 23.6 Å². The highest BCUT2D eigenvalue weighted by Gasteiger charge is 2.29. The molecule has 1 aromatic heterocycles. The average Bonchev–Trinajstić information content (AvgIpc) is 3.14. The van der Waals surface area contributed by atoms with Crippen LogP contribution < -0.4 is 10.6 Å². The van der Waals surface area contributed by atoms with E-state index in [9.17, 15) is 19.5 Å². The summed E-state index contributed by atoms with van der Waals surface area (Å²) < 4.78 is 5.02. The molecule has 0 fully saturated rings. The van der Waals surface area contributed by atoms with Crippen LogP contribution in [0.3, 0.4) is 0 Å². The van der Waals surface area contributed by atoms with Gasteiger partial charge in [-0.3, -0.25) is 9.59 Å². The van der Waals surface area contributed by atoms with E-state index < -0.39 is 29.9 Å². The summed E-state index contributed by atoms with van der Waals surface area (Å²) in [6, 6.07) is 10.1. The second-order valence-electron chi connectivity index (χ2n) is 6.26. The first-order chi connectivity index (χ1) is 12.4. The van der Waals surface area contributed by atoms with Crippen LogP contribution in [-0.2, 0) is 16.0 Å². The van der Waals surface area contributed by atoms with Crippen LogP contribution in [0.4, 0.5) is 0 Å². The monoisotopic (exact) mass is 358 g/mol. The fourth-order valence-corrected chi connectivity index (χ4v) is 2.47. The Hall–Kier alpha value is -3.09. The highest BCUT2D eigenvalue weighted by Crippen LogP contribution is 2.08. The van der Waals surface area contributed by atoms with Gasteiger partial charge < -0.3 is 20.2 Å². The Balaban J connectivity index is 2.06. The Kier molecular flexibility index (Phi) is 6.54. The minimum absolute atomic E-state index is 0.0857. The molecule has 26 heavy (non-hydrogen) atoms. The number of hydrogen-bond acceptors (Lipinski definition) is 4. The molecule has 0 aliphatic rings. The number of carboxylic acids is 1. The lowest BCUT2D eigenvalue weighted by Gasteiger charge is -2.23. The lowest BCUT2D eigenvalue weighted by Crippen LogP contribution is -2.54. The van der Waals surface area contributed by atoms with Gasteiger partial charge in [-0.2, -0.15) is 0 Å². The third kappa shape index (κ3) is 5.20. The zero-order valence-electron chi connectivity index (χ0n) is 14.6. The van der Waals surface area contributed by atoms with Gasteiger partial charge in [0.1, 0.15) is 12.1 Å². The summed E-state index contributed by atoms with van der Waals surface area (Å²) in [6.07, 6.45) is 1.51. The summed E-state index contributed by atoms with van der Waals surface area (Å²) in [5, 5.41) is 14.5. The third-order valence-electron chi connectivity index (χ3n) is 3.88. The largest absolute Gasteiger partial charge is 0.480 e. The van der Waals surface area contributed by atoms with E-state index in [1.807, 2.05) is 6.07 Å². The molecular formula is C19H22N2O5. The maximum Gasteiger partial charge on any atom is 0.326 e. The molecule has 0 radical (unpaired) electrons. The number of furan rings is 1. The van der Waals surface area contributed by atoms with Gasteiger partial charge in [0, 0.05) is 6.42 Å². The van der Waals surface area contributed by atoms with Gasteiger partial charge >= 0.3 is 5.97 Å². The van der Waals surface area contributed by atoms with Crippen LogP contribution in [0.15, 0.2) is 53.1 Å². The number of carbonyl (C=O) groups is 3. The molecule has 1 heterocycles. The Morgan fingerprint density at radius 1 is 1.04 bits per heavy atom. The Morgan fingerprint density at radius 2 is 1.73 bits per heavy atom. The van der Waals surface area contributed by atoms with Gasteiger partial charge in [-0.15, -0.1) is 0 Å². The molecule has 2 rings (SSSR count). The zero-order valence-corrected chi connectivity index (χ0v) is 14.6. The smallest absolute Gasteiger partial charge is 0.326 e. The second-order valence-corrected chi connectivity index (χ2v) is 6.26. The molecule has 2 amide bonds. The van der Waals surface area contributed by atoms with Crippen molar-refractivity contribution < 1.29 is 23.9 Å². The fraction of sp³-hybridized carbons (Fsp3) is 0.316. The number of carbonyl (C=O) groups excluding carboxylic acids is 2. The zero-order chi connectivity index (χ0) is 19.1. The summed E-state index contributed by atoms with van der Waals surface area (Å²) in [5.74, 6) is -2.37. The average molecular weight is 358 g/mol. The number of amides is 2. The lowest BCUT2D eigenvalue weighted by molar-refractivity contribution is -0.142. The van der Waals surface area contributed by atoms with Gasteiger partial charge in [0.15, 0.2) is 5.76 Å². The first kappa shape index (κ1) is 19.2. The van der Waals surface area contributed by atoms with E-state index in [0.29, 0.717) is 0 Å². The van der Waals surface area contributed by atoms with Crippen molar-refractivity contribution in [1.82, 2.24) is 10.6 Å². The fourth-order valence-electron chi connectivity index (χ4n) is 2.47. The van der Waals surface area contributed by atoms with Crippen LogP contribution in [0, 0.1) is 5.92 Å². The van der Waals surface area contributed by atoms with Crippen LogP contribution >= 0.6 is 0 Å². The molecule has 7 nitrogen and oxygen atoms in total. The predicted molar refractivity (Wildman–Crippen MR) is 94.5 cm³/mol. The summed E-state index contributed by atoms with van der Waals surface area (Å²) in [6.45, 7) is 3.53. The Morgan fingerprint density at radius 3 is 2.27 bits per heavy atom. The van der Waals surface area contributed by atoms with E-state index in [-0.39, 0.29) is 18.1 Å². The second kappa shape index (κ2) is 8.84. The topological polar surface area (TPSA) is 109 Å². The van der Waals surface area contributed by atoms with Crippen molar-refractivity contribution in [3.8, 4) is 0 Å². The molecule has 2 atom stereocenters. The number of carboxylic acid groups (broad SMARTS) is 1. The molecule has 0 bridgehead atoms. The molecule has 0 saturated carbocycles. The molecule has 138 valence electrons. The number of aliphatic carboxylic acids is 1. The molecule has 0 aliphatic heterocycles. The molecule has 2 unspecified atom stereocenters. The summed E-state index contributed by atoms with van der Waals surface area (Å²) in [5.41, 5.74) is 0.793. The van der Waals surface area contributed by atoms with Gasteiger partial charge in [-0.1, -0.05) is 44.2 Å².